The summed E-state index contributed by atoms with van der Waals surface area (Å²) in [5.41, 5.74) is 2.45. The van der Waals surface area contributed by atoms with Crippen molar-refractivity contribution >= 4 is 0 Å². The Morgan fingerprint density at radius 2 is 2.05 bits per heavy atom. The van der Waals surface area contributed by atoms with E-state index in [4.69, 9.17) is 4.74 Å². The minimum Gasteiger partial charge on any atom is -0.379 e. The third-order valence-electron chi connectivity index (χ3n) is 3.56. The van der Waals surface area contributed by atoms with Crippen LogP contribution < -0.4 is 5.32 Å². The van der Waals surface area contributed by atoms with Crippen LogP contribution in [0.2, 0.25) is 0 Å². The molecule has 4 nitrogen and oxygen atoms in total. The van der Waals surface area contributed by atoms with Crippen molar-refractivity contribution < 1.29 is 4.74 Å². The van der Waals surface area contributed by atoms with E-state index < -0.39 is 0 Å². The van der Waals surface area contributed by atoms with Crippen molar-refractivity contribution in [2.24, 2.45) is 5.41 Å². The van der Waals surface area contributed by atoms with Crippen LogP contribution in [-0.4, -0.2) is 36.1 Å². The molecule has 0 aliphatic carbocycles. The Balaban J connectivity index is 2.92. The molecule has 4 heteroatoms. The van der Waals surface area contributed by atoms with E-state index in [1.807, 2.05) is 14.0 Å². The fraction of sp³-hybridized carbons (Fsp3) is 0.800. The molecule has 0 saturated heterocycles. The van der Waals surface area contributed by atoms with Crippen LogP contribution in [0, 0.1) is 12.3 Å². The molecule has 1 aromatic heterocycles. The maximum absolute atomic E-state index is 5.73. The smallest absolute Gasteiger partial charge is 0.0776 e. The van der Waals surface area contributed by atoms with Crippen molar-refractivity contribution in [3.05, 3.63) is 17.5 Å². The van der Waals surface area contributed by atoms with Crippen molar-refractivity contribution in [1.82, 2.24) is 15.1 Å². The molecule has 110 valence electrons. The fourth-order valence-electron chi connectivity index (χ4n) is 2.74. The Hall–Kier alpha value is -0.870. The van der Waals surface area contributed by atoms with Gasteiger partial charge in [-0.25, -0.2) is 0 Å². The largest absolute Gasteiger partial charge is 0.379 e. The summed E-state index contributed by atoms with van der Waals surface area (Å²) < 4.78 is 7.81. The Morgan fingerprint density at radius 1 is 1.42 bits per heavy atom. The lowest BCUT2D eigenvalue weighted by Crippen LogP contribution is -2.48. The fourth-order valence-corrected chi connectivity index (χ4v) is 2.74. The van der Waals surface area contributed by atoms with Gasteiger partial charge in [0.2, 0.25) is 0 Å². The minimum atomic E-state index is 0.106. The zero-order valence-electron chi connectivity index (χ0n) is 13.4. The molecule has 0 aliphatic heterocycles. The number of ether oxygens (including phenoxy) is 1. The first-order valence-electron chi connectivity index (χ1n) is 7.06. The van der Waals surface area contributed by atoms with E-state index in [0.717, 1.165) is 18.7 Å². The molecule has 2 atom stereocenters. The summed E-state index contributed by atoms with van der Waals surface area (Å²) in [6.45, 7) is 11.7. The molecule has 0 amide bonds. The number of hydrogen-bond acceptors (Lipinski definition) is 3. The lowest BCUT2D eigenvalue weighted by atomic mass is 9.83. The van der Waals surface area contributed by atoms with Gasteiger partial charge in [-0.2, -0.15) is 5.10 Å². The van der Waals surface area contributed by atoms with Gasteiger partial charge < -0.3 is 10.1 Å². The first-order valence-corrected chi connectivity index (χ1v) is 7.06. The highest BCUT2D eigenvalue weighted by Crippen LogP contribution is 2.26. The topological polar surface area (TPSA) is 39.1 Å². The van der Waals surface area contributed by atoms with Gasteiger partial charge >= 0.3 is 0 Å². The predicted molar refractivity (Wildman–Crippen MR) is 79.4 cm³/mol. The van der Waals surface area contributed by atoms with Crippen LogP contribution in [0.5, 0.6) is 0 Å². The van der Waals surface area contributed by atoms with Crippen molar-refractivity contribution in [2.75, 3.05) is 14.2 Å². The monoisotopic (exact) mass is 267 g/mol. The van der Waals surface area contributed by atoms with Crippen molar-refractivity contribution in [3.63, 3.8) is 0 Å². The number of aromatic nitrogens is 2. The lowest BCUT2D eigenvalue weighted by molar-refractivity contribution is -0.00963. The number of aryl methyl sites for hydroxylation is 2. The summed E-state index contributed by atoms with van der Waals surface area (Å²) in [5.74, 6) is 0. The molecule has 1 rings (SSSR count). The first kappa shape index (κ1) is 16.2. The van der Waals surface area contributed by atoms with Gasteiger partial charge in [-0.05, 0) is 32.4 Å². The van der Waals surface area contributed by atoms with Crippen LogP contribution in [0.25, 0.3) is 0 Å². The van der Waals surface area contributed by atoms with Crippen molar-refractivity contribution in [3.8, 4) is 0 Å². The second-order valence-electron chi connectivity index (χ2n) is 6.21. The molecule has 0 fully saturated rings. The Bertz CT molecular complexity index is 393. The molecule has 1 N–H and O–H groups in total. The zero-order chi connectivity index (χ0) is 14.6. The van der Waals surface area contributed by atoms with Gasteiger partial charge in [0.25, 0.3) is 0 Å². The minimum absolute atomic E-state index is 0.106. The SMILES string of the molecule is CCn1nc(C)cc1CC(NC)C(OC)C(C)(C)C. The van der Waals surface area contributed by atoms with Crippen LogP contribution in [0.4, 0.5) is 0 Å². The molecule has 1 aromatic rings. The van der Waals surface area contributed by atoms with Gasteiger partial charge in [0.05, 0.1) is 11.8 Å². The Morgan fingerprint density at radius 3 is 2.47 bits per heavy atom. The average molecular weight is 267 g/mol. The molecule has 0 radical (unpaired) electrons. The summed E-state index contributed by atoms with van der Waals surface area (Å²) in [7, 11) is 3.80. The number of nitrogens with one attached hydrogen (secondary N) is 1. The third kappa shape index (κ3) is 4.05. The Labute approximate surface area is 117 Å². The van der Waals surface area contributed by atoms with E-state index >= 15 is 0 Å². The summed E-state index contributed by atoms with van der Waals surface area (Å²) in [6.07, 6.45) is 1.10. The predicted octanol–water partition coefficient (Wildman–Crippen LogP) is 2.40. The van der Waals surface area contributed by atoms with E-state index in [1.54, 1.807) is 7.11 Å². The Kier molecular flexibility index (Phi) is 5.56. The zero-order valence-corrected chi connectivity index (χ0v) is 13.4. The van der Waals surface area contributed by atoms with Gasteiger partial charge in [-0.3, -0.25) is 4.68 Å². The molecule has 0 spiro atoms. The molecule has 0 bridgehead atoms. The average Bonchev–Trinajstić information content (AvgIpc) is 2.67. The van der Waals surface area contributed by atoms with Gasteiger partial charge in [0.1, 0.15) is 0 Å². The highest BCUT2D eigenvalue weighted by atomic mass is 16.5. The van der Waals surface area contributed by atoms with E-state index in [-0.39, 0.29) is 17.6 Å². The second-order valence-corrected chi connectivity index (χ2v) is 6.21. The molecule has 0 aromatic carbocycles. The van der Waals surface area contributed by atoms with E-state index in [0.29, 0.717) is 0 Å². The molecule has 2 unspecified atom stereocenters. The summed E-state index contributed by atoms with van der Waals surface area (Å²) in [4.78, 5) is 0. The summed E-state index contributed by atoms with van der Waals surface area (Å²) in [5, 5.41) is 7.91. The normalized spacial score (nSPS) is 15.5. The molecule has 0 saturated carbocycles. The lowest BCUT2D eigenvalue weighted by Gasteiger charge is -2.36. The third-order valence-corrected chi connectivity index (χ3v) is 3.56. The first-order chi connectivity index (χ1) is 8.83. The van der Waals surface area contributed by atoms with Crippen LogP contribution in [0.15, 0.2) is 6.07 Å². The van der Waals surface area contributed by atoms with Crippen LogP contribution in [0.3, 0.4) is 0 Å². The molecule has 19 heavy (non-hydrogen) atoms. The van der Waals surface area contributed by atoms with Crippen molar-refractivity contribution in [1.29, 1.82) is 0 Å². The molecule has 0 aliphatic rings. The van der Waals surface area contributed by atoms with E-state index in [9.17, 15) is 0 Å². The standard InChI is InChI=1S/C15H29N3O/c1-8-18-12(9-11(2)17-18)10-13(16-6)14(19-7)15(3,4)5/h9,13-14,16H,8,10H2,1-7H3. The van der Waals surface area contributed by atoms with Gasteiger partial charge in [-0.15, -0.1) is 0 Å². The molecular weight excluding hydrogens is 238 g/mol. The van der Waals surface area contributed by atoms with Gasteiger partial charge in [0, 0.05) is 31.8 Å². The van der Waals surface area contributed by atoms with E-state index in [1.165, 1.54) is 5.69 Å². The van der Waals surface area contributed by atoms with Crippen molar-refractivity contribution in [2.45, 2.75) is 59.7 Å². The molecular formula is C15H29N3O. The number of rotatable bonds is 6. The number of hydrogen-bond donors (Lipinski definition) is 1. The number of methoxy groups -OCH3 is 1. The highest BCUT2D eigenvalue weighted by molar-refractivity contribution is 5.11. The number of likely N-dealkylation sites (N-methyl/N-ethyl adjacent to an activating group) is 1. The van der Waals surface area contributed by atoms with Crippen LogP contribution in [0.1, 0.15) is 39.1 Å². The second kappa shape index (κ2) is 6.53. The van der Waals surface area contributed by atoms with Crippen LogP contribution in [-0.2, 0) is 17.7 Å². The number of nitrogens with zero attached hydrogens (tertiary/aromatic N) is 2. The van der Waals surface area contributed by atoms with Crippen LogP contribution >= 0.6 is 0 Å². The van der Waals surface area contributed by atoms with E-state index in [2.05, 4.69) is 48.9 Å². The van der Waals surface area contributed by atoms with Gasteiger partial charge in [-0.1, -0.05) is 20.8 Å². The highest BCUT2D eigenvalue weighted by Gasteiger charge is 2.32. The van der Waals surface area contributed by atoms with Gasteiger partial charge in [0.15, 0.2) is 0 Å². The maximum Gasteiger partial charge on any atom is 0.0776 e. The maximum atomic E-state index is 5.73. The summed E-state index contributed by atoms with van der Waals surface area (Å²) in [6, 6.07) is 2.45. The quantitative estimate of drug-likeness (QED) is 0.860. The summed E-state index contributed by atoms with van der Waals surface area (Å²) >= 11 is 0. The molecule has 1 heterocycles.